The molecule has 21 heavy (non-hydrogen) atoms. The Morgan fingerprint density at radius 1 is 1.14 bits per heavy atom. The number of hydrogen-bond acceptors (Lipinski definition) is 2. The van der Waals surface area contributed by atoms with E-state index in [2.05, 4.69) is 24.4 Å². The highest BCUT2D eigenvalue weighted by atomic mass is 16.5. The first kappa shape index (κ1) is 15.1. The van der Waals surface area contributed by atoms with Gasteiger partial charge in [-0.05, 0) is 37.1 Å². The van der Waals surface area contributed by atoms with E-state index in [-0.39, 0.29) is 5.91 Å². The third kappa shape index (κ3) is 4.63. The van der Waals surface area contributed by atoms with Crippen molar-refractivity contribution in [2.24, 2.45) is 0 Å². The van der Waals surface area contributed by atoms with Gasteiger partial charge >= 0.3 is 0 Å². The highest BCUT2D eigenvalue weighted by Crippen LogP contribution is 2.15. The molecule has 0 radical (unpaired) electrons. The average molecular weight is 283 g/mol. The predicted molar refractivity (Wildman–Crippen MR) is 84.6 cm³/mol. The summed E-state index contributed by atoms with van der Waals surface area (Å²) in [7, 11) is 0. The summed E-state index contributed by atoms with van der Waals surface area (Å²) in [6.07, 6.45) is 0.926. The van der Waals surface area contributed by atoms with Crippen LogP contribution in [0.1, 0.15) is 34.8 Å². The summed E-state index contributed by atoms with van der Waals surface area (Å²) in [6.45, 7) is 5.28. The van der Waals surface area contributed by atoms with Crippen LogP contribution in [0.25, 0.3) is 0 Å². The molecule has 110 valence electrons. The summed E-state index contributed by atoms with van der Waals surface area (Å²) in [5, 5.41) is 2.86. The first-order valence-electron chi connectivity index (χ1n) is 7.25. The smallest absolute Gasteiger partial charge is 0.251 e. The summed E-state index contributed by atoms with van der Waals surface area (Å²) in [4.78, 5) is 11.9. The molecule has 2 rings (SSSR count). The molecule has 0 aromatic heterocycles. The first-order chi connectivity index (χ1) is 10.2. The van der Waals surface area contributed by atoms with Crippen molar-refractivity contribution < 1.29 is 9.53 Å². The van der Waals surface area contributed by atoms with Gasteiger partial charge < -0.3 is 10.1 Å². The van der Waals surface area contributed by atoms with E-state index in [1.807, 2.05) is 31.2 Å². The zero-order valence-electron chi connectivity index (χ0n) is 12.6. The summed E-state index contributed by atoms with van der Waals surface area (Å²) in [6, 6.07) is 15.5. The van der Waals surface area contributed by atoms with Crippen LogP contribution in [-0.4, -0.2) is 12.5 Å². The topological polar surface area (TPSA) is 38.3 Å². The largest absolute Gasteiger partial charge is 0.489 e. The van der Waals surface area contributed by atoms with Crippen LogP contribution in [0.4, 0.5) is 0 Å². The second-order valence-corrected chi connectivity index (χ2v) is 5.06. The molecule has 0 bridgehead atoms. The highest BCUT2D eigenvalue weighted by molar-refractivity contribution is 5.94. The van der Waals surface area contributed by atoms with Gasteiger partial charge in [0.15, 0.2) is 0 Å². The fourth-order valence-corrected chi connectivity index (χ4v) is 1.92. The van der Waals surface area contributed by atoms with Gasteiger partial charge in [-0.1, -0.05) is 42.8 Å². The maximum absolute atomic E-state index is 11.9. The third-order valence-corrected chi connectivity index (χ3v) is 3.16. The van der Waals surface area contributed by atoms with Gasteiger partial charge in [0.25, 0.3) is 5.91 Å². The SMILES string of the molecule is CCCNC(=O)c1cccc(OCc2ccc(C)cc2)c1. The van der Waals surface area contributed by atoms with Gasteiger partial charge in [-0.25, -0.2) is 0 Å². The standard InChI is InChI=1S/C18H21NO2/c1-3-11-19-18(20)16-5-4-6-17(12-16)21-13-15-9-7-14(2)8-10-15/h4-10,12H,3,11,13H2,1-2H3,(H,19,20). The van der Waals surface area contributed by atoms with E-state index in [0.29, 0.717) is 24.5 Å². The summed E-state index contributed by atoms with van der Waals surface area (Å²) < 4.78 is 5.75. The maximum Gasteiger partial charge on any atom is 0.251 e. The molecule has 0 aliphatic heterocycles. The molecule has 0 saturated heterocycles. The molecule has 3 nitrogen and oxygen atoms in total. The van der Waals surface area contributed by atoms with E-state index in [0.717, 1.165) is 12.0 Å². The zero-order valence-corrected chi connectivity index (χ0v) is 12.6. The predicted octanol–water partition coefficient (Wildman–Crippen LogP) is 3.71. The van der Waals surface area contributed by atoms with Crippen molar-refractivity contribution in [3.05, 3.63) is 65.2 Å². The number of nitrogens with one attached hydrogen (secondary N) is 1. The lowest BCUT2D eigenvalue weighted by atomic mass is 10.1. The van der Waals surface area contributed by atoms with Crippen molar-refractivity contribution in [1.29, 1.82) is 0 Å². The quantitative estimate of drug-likeness (QED) is 0.877. The van der Waals surface area contributed by atoms with Crippen molar-refractivity contribution in [3.8, 4) is 5.75 Å². The van der Waals surface area contributed by atoms with Gasteiger partial charge in [0.2, 0.25) is 0 Å². The van der Waals surface area contributed by atoms with Crippen LogP contribution >= 0.6 is 0 Å². The minimum atomic E-state index is -0.0577. The van der Waals surface area contributed by atoms with Crippen LogP contribution in [0, 0.1) is 6.92 Å². The molecule has 0 aliphatic rings. The number of ether oxygens (including phenoxy) is 1. The molecule has 2 aromatic rings. The number of benzene rings is 2. The van der Waals surface area contributed by atoms with E-state index in [9.17, 15) is 4.79 Å². The Morgan fingerprint density at radius 3 is 2.62 bits per heavy atom. The second-order valence-electron chi connectivity index (χ2n) is 5.06. The molecule has 0 unspecified atom stereocenters. The number of carbonyl (C=O) groups excluding carboxylic acids is 1. The summed E-state index contributed by atoms with van der Waals surface area (Å²) >= 11 is 0. The molecule has 0 heterocycles. The highest BCUT2D eigenvalue weighted by Gasteiger charge is 2.05. The molecule has 1 amide bonds. The zero-order chi connectivity index (χ0) is 15.1. The Labute approximate surface area is 126 Å². The molecule has 0 atom stereocenters. The molecule has 0 fully saturated rings. The van der Waals surface area contributed by atoms with Gasteiger partial charge in [0, 0.05) is 12.1 Å². The normalized spacial score (nSPS) is 10.2. The minimum absolute atomic E-state index is 0.0577. The molecule has 2 aromatic carbocycles. The lowest BCUT2D eigenvalue weighted by molar-refractivity contribution is 0.0953. The number of carbonyl (C=O) groups is 1. The molecule has 0 aliphatic carbocycles. The minimum Gasteiger partial charge on any atom is -0.489 e. The van der Waals surface area contributed by atoms with Crippen molar-refractivity contribution in [2.45, 2.75) is 26.9 Å². The fourth-order valence-electron chi connectivity index (χ4n) is 1.92. The first-order valence-corrected chi connectivity index (χ1v) is 7.25. The number of aryl methyl sites for hydroxylation is 1. The molecule has 0 spiro atoms. The number of amides is 1. The van der Waals surface area contributed by atoms with Gasteiger partial charge in [-0.15, -0.1) is 0 Å². The molecule has 0 saturated carbocycles. The van der Waals surface area contributed by atoms with Crippen molar-refractivity contribution >= 4 is 5.91 Å². The van der Waals surface area contributed by atoms with Crippen LogP contribution in [0.3, 0.4) is 0 Å². The van der Waals surface area contributed by atoms with E-state index in [1.165, 1.54) is 5.56 Å². The van der Waals surface area contributed by atoms with E-state index in [4.69, 9.17) is 4.74 Å². The van der Waals surface area contributed by atoms with Crippen LogP contribution in [0.5, 0.6) is 5.75 Å². The Hall–Kier alpha value is -2.29. The van der Waals surface area contributed by atoms with E-state index in [1.54, 1.807) is 12.1 Å². The average Bonchev–Trinajstić information content (AvgIpc) is 2.52. The lowest BCUT2D eigenvalue weighted by Gasteiger charge is -2.09. The van der Waals surface area contributed by atoms with Crippen LogP contribution in [-0.2, 0) is 6.61 Å². The van der Waals surface area contributed by atoms with Crippen molar-refractivity contribution in [1.82, 2.24) is 5.32 Å². The van der Waals surface area contributed by atoms with Gasteiger partial charge in [0.05, 0.1) is 0 Å². The molecule has 1 N–H and O–H groups in total. The van der Waals surface area contributed by atoms with Gasteiger partial charge in [-0.2, -0.15) is 0 Å². The van der Waals surface area contributed by atoms with Crippen LogP contribution < -0.4 is 10.1 Å². The second kappa shape index (κ2) is 7.48. The maximum atomic E-state index is 11.9. The Balaban J connectivity index is 1.97. The molecule has 3 heteroatoms. The van der Waals surface area contributed by atoms with Crippen molar-refractivity contribution in [2.75, 3.05) is 6.54 Å². The van der Waals surface area contributed by atoms with Gasteiger partial charge in [-0.3, -0.25) is 4.79 Å². The Kier molecular flexibility index (Phi) is 5.38. The monoisotopic (exact) mass is 283 g/mol. The Morgan fingerprint density at radius 2 is 1.90 bits per heavy atom. The fraction of sp³-hybridized carbons (Fsp3) is 0.278. The third-order valence-electron chi connectivity index (χ3n) is 3.16. The summed E-state index contributed by atoms with van der Waals surface area (Å²) in [5.74, 6) is 0.650. The number of hydrogen-bond donors (Lipinski definition) is 1. The lowest BCUT2D eigenvalue weighted by Crippen LogP contribution is -2.23. The van der Waals surface area contributed by atoms with E-state index >= 15 is 0 Å². The summed E-state index contributed by atoms with van der Waals surface area (Å²) in [5.41, 5.74) is 2.97. The molecular formula is C18H21NO2. The van der Waals surface area contributed by atoms with Crippen molar-refractivity contribution in [3.63, 3.8) is 0 Å². The van der Waals surface area contributed by atoms with E-state index < -0.39 is 0 Å². The van der Waals surface area contributed by atoms with Crippen LogP contribution in [0.2, 0.25) is 0 Å². The Bertz CT molecular complexity index is 590. The molecular weight excluding hydrogens is 262 g/mol. The van der Waals surface area contributed by atoms with Crippen LogP contribution in [0.15, 0.2) is 48.5 Å². The van der Waals surface area contributed by atoms with Gasteiger partial charge in [0.1, 0.15) is 12.4 Å². The number of rotatable bonds is 6.